The average Bonchev–Trinajstić information content (AvgIpc) is 3.49. The van der Waals surface area contributed by atoms with Gasteiger partial charge in [0.05, 0.1) is 13.2 Å². The Morgan fingerprint density at radius 3 is 2.50 bits per heavy atom. The fourth-order valence-electron chi connectivity index (χ4n) is 4.85. The topological polar surface area (TPSA) is 86.3 Å². The van der Waals surface area contributed by atoms with Gasteiger partial charge >= 0.3 is 6.03 Å². The molecular formula is C32H37N5O3. The standard InChI is InChI=1S/C32H37N5O3/c1-33-30(38)19-22-36(21-18-24-14-16-26(17-15-24)25-9-5-4-6-10-25)31(34-2)29-13-8-20-37(29)32(39)35-27-11-7-12-28(23-27)40-3/h4-7,9-12,14-18,21,23,29H,8,13,19-20,22H2,1-3H3,(H,33,38)(H,35,39)/b21-18+,34-31?. The molecule has 1 unspecified atom stereocenters. The summed E-state index contributed by atoms with van der Waals surface area (Å²) in [5, 5.41) is 5.69. The molecule has 3 amide bonds. The molecule has 8 heteroatoms. The molecule has 1 atom stereocenters. The molecule has 3 aromatic carbocycles. The monoisotopic (exact) mass is 539 g/mol. The maximum Gasteiger partial charge on any atom is 0.322 e. The average molecular weight is 540 g/mol. The van der Waals surface area contributed by atoms with Gasteiger partial charge in [0.1, 0.15) is 11.6 Å². The van der Waals surface area contributed by atoms with Crippen LogP contribution in [-0.2, 0) is 4.79 Å². The van der Waals surface area contributed by atoms with E-state index in [9.17, 15) is 9.59 Å². The largest absolute Gasteiger partial charge is 0.497 e. The summed E-state index contributed by atoms with van der Waals surface area (Å²) in [6.07, 6.45) is 5.92. The fourth-order valence-corrected chi connectivity index (χ4v) is 4.85. The Bertz CT molecular complexity index is 1340. The molecule has 0 radical (unpaired) electrons. The van der Waals surface area contributed by atoms with Gasteiger partial charge in [0, 0.05) is 51.6 Å². The molecule has 2 N–H and O–H groups in total. The van der Waals surface area contributed by atoms with Crippen LogP contribution in [0, 0.1) is 0 Å². The number of amidine groups is 1. The number of nitrogens with one attached hydrogen (secondary N) is 2. The number of hydrogen-bond acceptors (Lipinski definition) is 4. The van der Waals surface area contributed by atoms with E-state index in [1.807, 2.05) is 58.5 Å². The number of hydrogen-bond donors (Lipinski definition) is 2. The van der Waals surface area contributed by atoms with Crippen molar-refractivity contribution in [3.63, 3.8) is 0 Å². The van der Waals surface area contributed by atoms with E-state index in [-0.39, 0.29) is 18.0 Å². The normalized spacial score (nSPS) is 15.2. The smallest absolute Gasteiger partial charge is 0.322 e. The highest BCUT2D eigenvalue weighted by atomic mass is 16.5. The van der Waals surface area contributed by atoms with Gasteiger partial charge in [0.25, 0.3) is 0 Å². The van der Waals surface area contributed by atoms with Crippen molar-refractivity contribution >= 4 is 29.5 Å². The Balaban J connectivity index is 1.53. The molecule has 1 aliphatic heterocycles. The van der Waals surface area contributed by atoms with Crippen LogP contribution >= 0.6 is 0 Å². The summed E-state index contributed by atoms with van der Waals surface area (Å²) in [6.45, 7) is 1.06. The van der Waals surface area contributed by atoms with Crippen molar-refractivity contribution < 1.29 is 14.3 Å². The zero-order valence-electron chi connectivity index (χ0n) is 23.3. The van der Waals surface area contributed by atoms with Crippen molar-refractivity contribution in [2.45, 2.75) is 25.3 Å². The van der Waals surface area contributed by atoms with Gasteiger partial charge < -0.3 is 25.2 Å². The Kier molecular flexibility index (Phi) is 9.93. The molecule has 0 saturated carbocycles. The van der Waals surface area contributed by atoms with Crippen LogP contribution in [0.25, 0.3) is 17.2 Å². The van der Waals surface area contributed by atoms with Crippen molar-refractivity contribution in [2.24, 2.45) is 4.99 Å². The van der Waals surface area contributed by atoms with Crippen LogP contribution in [-0.4, -0.2) is 67.9 Å². The van der Waals surface area contributed by atoms with Crippen molar-refractivity contribution in [3.8, 4) is 16.9 Å². The number of methoxy groups -OCH3 is 1. The minimum Gasteiger partial charge on any atom is -0.497 e. The molecule has 8 nitrogen and oxygen atoms in total. The van der Waals surface area contributed by atoms with E-state index in [0.29, 0.717) is 30.9 Å². The predicted octanol–water partition coefficient (Wildman–Crippen LogP) is 5.50. The molecule has 40 heavy (non-hydrogen) atoms. The van der Waals surface area contributed by atoms with E-state index < -0.39 is 0 Å². The van der Waals surface area contributed by atoms with E-state index >= 15 is 0 Å². The van der Waals surface area contributed by atoms with Crippen LogP contribution < -0.4 is 15.4 Å². The van der Waals surface area contributed by atoms with Crippen LogP contribution in [0.2, 0.25) is 0 Å². The molecule has 0 aromatic heterocycles. The lowest BCUT2D eigenvalue weighted by Crippen LogP contribution is -2.48. The molecule has 3 aromatic rings. The third kappa shape index (κ3) is 7.28. The van der Waals surface area contributed by atoms with E-state index in [1.54, 1.807) is 27.3 Å². The van der Waals surface area contributed by atoms with E-state index in [0.717, 1.165) is 29.8 Å². The molecule has 0 spiro atoms. The second-order valence-corrected chi connectivity index (χ2v) is 9.52. The molecule has 1 heterocycles. The molecule has 0 bridgehead atoms. The van der Waals surface area contributed by atoms with E-state index in [4.69, 9.17) is 4.74 Å². The van der Waals surface area contributed by atoms with Crippen molar-refractivity contribution in [1.29, 1.82) is 0 Å². The third-order valence-electron chi connectivity index (χ3n) is 6.98. The van der Waals surface area contributed by atoms with Gasteiger partial charge in [-0.15, -0.1) is 0 Å². The number of benzene rings is 3. The van der Waals surface area contributed by atoms with Crippen molar-refractivity contribution in [1.82, 2.24) is 15.1 Å². The number of anilines is 1. The zero-order valence-corrected chi connectivity index (χ0v) is 23.3. The number of nitrogens with zero attached hydrogens (tertiary/aromatic N) is 3. The highest BCUT2D eigenvalue weighted by Crippen LogP contribution is 2.24. The van der Waals surface area contributed by atoms with Gasteiger partial charge in [-0.25, -0.2) is 4.79 Å². The summed E-state index contributed by atoms with van der Waals surface area (Å²) in [5.41, 5.74) is 4.01. The number of rotatable bonds is 9. The van der Waals surface area contributed by atoms with Gasteiger partial charge in [-0.1, -0.05) is 60.7 Å². The van der Waals surface area contributed by atoms with Gasteiger partial charge in [-0.3, -0.25) is 9.79 Å². The first-order chi connectivity index (χ1) is 19.5. The molecule has 208 valence electrons. The Morgan fingerprint density at radius 2 is 1.80 bits per heavy atom. The molecule has 1 fully saturated rings. The lowest BCUT2D eigenvalue weighted by Gasteiger charge is -2.32. The van der Waals surface area contributed by atoms with Gasteiger partial charge in [0.2, 0.25) is 5.91 Å². The maximum atomic E-state index is 13.3. The number of ether oxygens (including phenoxy) is 1. The number of carbonyl (C=O) groups is 2. The Labute approximate surface area is 236 Å². The predicted molar refractivity (Wildman–Crippen MR) is 161 cm³/mol. The van der Waals surface area contributed by atoms with E-state index in [1.165, 1.54) is 5.56 Å². The van der Waals surface area contributed by atoms with Gasteiger partial charge in [-0.2, -0.15) is 0 Å². The number of amides is 3. The van der Waals surface area contributed by atoms with Gasteiger partial charge in [0.15, 0.2) is 0 Å². The highest BCUT2D eigenvalue weighted by molar-refractivity contribution is 5.97. The molecule has 1 saturated heterocycles. The summed E-state index contributed by atoms with van der Waals surface area (Å²) >= 11 is 0. The highest BCUT2D eigenvalue weighted by Gasteiger charge is 2.34. The first-order valence-corrected chi connectivity index (χ1v) is 13.5. The van der Waals surface area contributed by atoms with Crippen molar-refractivity contribution in [2.75, 3.05) is 39.6 Å². The Morgan fingerprint density at radius 1 is 1.05 bits per heavy atom. The van der Waals surface area contributed by atoms with Crippen LogP contribution in [0.4, 0.5) is 10.5 Å². The third-order valence-corrected chi connectivity index (χ3v) is 6.98. The van der Waals surface area contributed by atoms with Crippen molar-refractivity contribution in [3.05, 3.63) is 90.6 Å². The second-order valence-electron chi connectivity index (χ2n) is 9.52. The van der Waals surface area contributed by atoms with Crippen LogP contribution in [0.1, 0.15) is 24.8 Å². The Hall–Kier alpha value is -4.59. The number of urea groups is 1. The fraction of sp³-hybridized carbons (Fsp3) is 0.281. The summed E-state index contributed by atoms with van der Waals surface area (Å²) in [6, 6.07) is 25.5. The summed E-state index contributed by atoms with van der Waals surface area (Å²) < 4.78 is 5.29. The lowest BCUT2D eigenvalue weighted by atomic mass is 10.0. The quantitative estimate of drug-likeness (QED) is 0.278. The first-order valence-electron chi connectivity index (χ1n) is 13.5. The molecular weight excluding hydrogens is 502 g/mol. The SMILES string of the molecule is CN=C(C1CCCN1C(=O)Nc1cccc(OC)c1)N(/C=C/c1ccc(-c2ccccc2)cc1)CCC(=O)NC. The zero-order chi connectivity index (χ0) is 28.3. The van der Waals surface area contributed by atoms with E-state index in [2.05, 4.69) is 52.0 Å². The van der Waals surface area contributed by atoms with Gasteiger partial charge in [-0.05, 0) is 47.7 Å². The van der Waals surface area contributed by atoms with Crippen LogP contribution in [0.3, 0.4) is 0 Å². The number of aliphatic imine (C=N–C) groups is 1. The molecule has 0 aliphatic carbocycles. The van der Waals surface area contributed by atoms with Crippen LogP contribution in [0.5, 0.6) is 5.75 Å². The lowest BCUT2D eigenvalue weighted by molar-refractivity contribution is -0.120. The molecule has 4 rings (SSSR count). The summed E-state index contributed by atoms with van der Waals surface area (Å²) in [5.74, 6) is 1.37. The number of likely N-dealkylation sites (tertiary alicyclic amines) is 1. The second kappa shape index (κ2) is 14.0. The summed E-state index contributed by atoms with van der Waals surface area (Å²) in [7, 11) is 4.97. The van der Waals surface area contributed by atoms with Crippen LogP contribution in [0.15, 0.2) is 90.1 Å². The molecule has 1 aliphatic rings. The summed E-state index contributed by atoms with van der Waals surface area (Å²) in [4.78, 5) is 33.9. The minimum atomic E-state index is -0.217. The maximum absolute atomic E-state index is 13.3. The minimum absolute atomic E-state index is 0.0555. The first kappa shape index (κ1) is 28.4. The number of carbonyl (C=O) groups excluding carboxylic acids is 2.